The summed E-state index contributed by atoms with van der Waals surface area (Å²) in [5.41, 5.74) is 0.702. The van der Waals surface area contributed by atoms with Gasteiger partial charge in [-0.1, -0.05) is 13.2 Å². The van der Waals surface area contributed by atoms with Crippen LogP contribution in [-0.4, -0.2) is 47.9 Å². The molecule has 28 heavy (non-hydrogen) atoms. The average Bonchev–Trinajstić information content (AvgIpc) is 3.11. The summed E-state index contributed by atoms with van der Waals surface area (Å²) >= 11 is 0. The molecule has 2 saturated heterocycles. The van der Waals surface area contributed by atoms with Gasteiger partial charge in [0.15, 0.2) is 0 Å². The van der Waals surface area contributed by atoms with E-state index in [4.69, 9.17) is 18.9 Å². The van der Waals surface area contributed by atoms with Crippen molar-refractivity contribution < 1.29 is 33.3 Å². The molecule has 0 spiro atoms. The topological polar surface area (TPSA) is 91.4 Å². The summed E-state index contributed by atoms with van der Waals surface area (Å²) in [5, 5.41) is 0. The van der Waals surface area contributed by atoms with E-state index in [-0.39, 0.29) is 17.3 Å². The molecule has 7 nitrogen and oxygen atoms in total. The normalized spacial score (nSPS) is 38.9. The van der Waals surface area contributed by atoms with E-state index in [1.807, 2.05) is 13.8 Å². The van der Waals surface area contributed by atoms with Crippen molar-refractivity contribution in [1.29, 1.82) is 0 Å². The summed E-state index contributed by atoms with van der Waals surface area (Å²) in [6.45, 7) is 14.1. The first kappa shape index (κ1) is 20.3. The molecule has 0 aromatic carbocycles. The number of carbonyl (C=O) groups excluding carboxylic acids is 3. The third-order valence-corrected chi connectivity index (χ3v) is 5.58. The van der Waals surface area contributed by atoms with E-state index in [0.717, 1.165) is 5.57 Å². The van der Waals surface area contributed by atoms with Gasteiger partial charge in [0.05, 0.1) is 17.6 Å². The molecule has 0 saturated carbocycles. The fraction of sp³-hybridized carbons (Fsp3) is 0.571. The minimum atomic E-state index is -0.667. The van der Waals surface area contributed by atoms with Crippen molar-refractivity contribution >= 4 is 17.9 Å². The Hall–Kier alpha value is -2.41. The van der Waals surface area contributed by atoms with Crippen LogP contribution in [0.4, 0.5) is 0 Å². The molecule has 152 valence electrons. The van der Waals surface area contributed by atoms with Gasteiger partial charge in [-0.25, -0.2) is 9.59 Å². The van der Waals surface area contributed by atoms with Gasteiger partial charge in [0.25, 0.3) is 0 Å². The minimum absolute atomic E-state index is 0.158. The maximum atomic E-state index is 12.2. The first-order valence-corrected chi connectivity index (χ1v) is 9.31. The lowest BCUT2D eigenvalue weighted by atomic mass is 9.82. The van der Waals surface area contributed by atoms with E-state index < -0.39 is 47.7 Å². The van der Waals surface area contributed by atoms with Gasteiger partial charge in [-0.15, -0.1) is 0 Å². The highest BCUT2D eigenvalue weighted by atomic mass is 16.6. The number of ether oxygens (including phenoxy) is 4. The molecule has 0 N–H and O–H groups in total. The molecule has 0 aromatic rings. The highest BCUT2D eigenvalue weighted by Crippen LogP contribution is 2.48. The summed E-state index contributed by atoms with van der Waals surface area (Å²) < 4.78 is 22.5. The average molecular weight is 390 g/mol. The Morgan fingerprint density at radius 3 is 2.57 bits per heavy atom. The number of carbonyl (C=O) groups is 3. The number of epoxide rings is 1. The lowest BCUT2D eigenvalue weighted by molar-refractivity contribution is -0.149. The van der Waals surface area contributed by atoms with Crippen LogP contribution in [0.15, 0.2) is 36.0 Å². The molecule has 0 unspecified atom stereocenters. The van der Waals surface area contributed by atoms with Gasteiger partial charge in [-0.2, -0.15) is 0 Å². The SMILES string of the molecule is C=C(C)C(=O)O[C@@H]1C[C@@]2(C)O[C@@H]2C[C@H](OC(C)=O)/C(C)=C\[C@@H]2OC(=O)C(=C)[C@@H]21. The molecule has 0 aromatic heterocycles. The minimum Gasteiger partial charge on any atom is -0.458 e. The van der Waals surface area contributed by atoms with Gasteiger partial charge in [0.1, 0.15) is 18.3 Å². The largest absolute Gasteiger partial charge is 0.458 e. The van der Waals surface area contributed by atoms with Crippen LogP contribution in [0.25, 0.3) is 0 Å². The van der Waals surface area contributed by atoms with Crippen LogP contribution in [0.3, 0.4) is 0 Å². The maximum Gasteiger partial charge on any atom is 0.334 e. The Kier molecular flexibility index (Phi) is 5.23. The van der Waals surface area contributed by atoms with Crippen LogP contribution in [-0.2, 0) is 33.3 Å². The fourth-order valence-corrected chi connectivity index (χ4v) is 3.92. The van der Waals surface area contributed by atoms with Crippen LogP contribution in [0, 0.1) is 5.92 Å². The molecular formula is C21H26O7. The number of rotatable bonds is 3. The van der Waals surface area contributed by atoms with E-state index >= 15 is 0 Å². The van der Waals surface area contributed by atoms with Crippen LogP contribution in [0.5, 0.6) is 0 Å². The van der Waals surface area contributed by atoms with Crippen molar-refractivity contribution in [3.8, 4) is 0 Å². The fourth-order valence-electron chi connectivity index (χ4n) is 3.92. The highest BCUT2D eigenvalue weighted by Gasteiger charge is 2.58. The zero-order valence-corrected chi connectivity index (χ0v) is 16.7. The third-order valence-electron chi connectivity index (χ3n) is 5.58. The van der Waals surface area contributed by atoms with Crippen molar-refractivity contribution in [1.82, 2.24) is 0 Å². The van der Waals surface area contributed by atoms with E-state index in [1.165, 1.54) is 6.92 Å². The summed E-state index contributed by atoms with van der Waals surface area (Å²) in [4.78, 5) is 35.9. The summed E-state index contributed by atoms with van der Waals surface area (Å²) in [5.74, 6) is -2.01. The van der Waals surface area contributed by atoms with Gasteiger partial charge in [-0.3, -0.25) is 4.79 Å². The first-order valence-electron chi connectivity index (χ1n) is 9.31. The maximum absolute atomic E-state index is 12.2. The van der Waals surface area contributed by atoms with Gasteiger partial charge in [0, 0.05) is 30.9 Å². The summed E-state index contributed by atoms with van der Waals surface area (Å²) in [6.07, 6.45) is 0.638. The lowest BCUT2D eigenvalue weighted by Crippen LogP contribution is -2.38. The Labute approximate surface area is 164 Å². The first-order chi connectivity index (χ1) is 13.0. The van der Waals surface area contributed by atoms with Gasteiger partial charge in [-0.05, 0) is 32.4 Å². The van der Waals surface area contributed by atoms with E-state index in [1.54, 1.807) is 13.0 Å². The molecule has 0 radical (unpaired) electrons. The number of hydrogen-bond donors (Lipinski definition) is 0. The molecule has 2 heterocycles. The zero-order valence-electron chi connectivity index (χ0n) is 16.7. The van der Waals surface area contributed by atoms with Crippen molar-refractivity contribution in [2.24, 2.45) is 5.92 Å². The van der Waals surface area contributed by atoms with Crippen LogP contribution in [0.1, 0.15) is 40.5 Å². The molecule has 0 bridgehead atoms. The molecule has 3 aliphatic rings. The molecule has 6 atom stereocenters. The zero-order chi connectivity index (χ0) is 20.8. The highest BCUT2D eigenvalue weighted by molar-refractivity contribution is 5.91. The summed E-state index contributed by atoms with van der Waals surface area (Å²) in [6, 6.07) is 0. The van der Waals surface area contributed by atoms with E-state index in [0.29, 0.717) is 12.8 Å². The van der Waals surface area contributed by atoms with Gasteiger partial charge >= 0.3 is 17.9 Å². The van der Waals surface area contributed by atoms with Crippen LogP contribution in [0.2, 0.25) is 0 Å². The third kappa shape index (κ3) is 3.90. The molecule has 3 rings (SSSR count). The second-order valence-electron chi connectivity index (χ2n) is 8.01. The van der Waals surface area contributed by atoms with Crippen molar-refractivity contribution in [3.63, 3.8) is 0 Å². The van der Waals surface area contributed by atoms with Crippen molar-refractivity contribution in [2.75, 3.05) is 0 Å². The van der Waals surface area contributed by atoms with Crippen molar-refractivity contribution in [3.05, 3.63) is 36.0 Å². The molecule has 2 aliphatic heterocycles. The predicted octanol–water partition coefficient (Wildman–Crippen LogP) is 2.40. The van der Waals surface area contributed by atoms with Crippen LogP contribution >= 0.6 is 0 Å². The Morgan fingerprint density at radius 1 is 1.29 bits per heavy atom. The summed E-state index contributed by atoms with van der Waals surface area (Å²) in [7, 11) is 0. The molecule has 2 fully saturated rings. The van der Waals surface area contributed by atoms with E-state index in [9.17, 15) is 14.4 Å². The number of fused-ring (bicyclic) bond motifs is 2. The van der Waals surface area contributed by atoms with Gasteiger partial charge in [0.2, 0.25) is 0 Å². The second kappa shape index (κ2) is 7.20. The predicted molar refractivity (Wildman–Crippen MR) is 99.0 cm³/mol. The lowest BCUT2D eigenvalue weighted by Gasteiger charge is -2.29. The Morgan fingerprint density at radius 2 is 1.96 bits per heavy atom. The number of esters is 3. The van der Waals surface area contributed by atoms with E-state index in [2.05, 4.69) is 13.2 Å². The monoisotopic (exact) mass is 390 g/mol. The quantitative estimate of drug-likeness (QED) is 0.240. The second-order valence-corrected chi connectivity index (χ2v) is 8.01. The Bertz CT molecular complexity index is 780. The standard InChI is InChI=1S/C21H26O7/c1-10(2)19(23)27-16-9-21(6)17(28-21)8-14(25-13(5)22)11(3)7-15-18(16)12(4)20(24)26-15/h7,14-18H,1,4,8-9H2,2-3,5-6H3/b11-7-/t14-,15-,16+,17+,18-,21+/m0/s1. The smallest absolute Gasteiger partial charge is 0.334 e. The molecular weight excluding hydrogens is 364 g/mol. The van der Waals surface area contributed by atoms with Crippen molar-refractivity contribution in [2.45, 2.75) is 70.6 Å². The molecule has 0 amide bonds. The molecule has 1 aliphatic carbocycles. The number of hydrogen-bond acceptors (Lipinski definition) is 7. The van der Waals surface area contributed by atoms with Gasteiger partial charge < -0.3 is 18.9 Å². The Balaban J connectivity index is 1.99. The van der Waals surface area contributed by atoms with Crippen LogP contribution < -0.4 is 0 Å². The molecule has 7 heteroatoms.